The molecule has 18 heteroatoms. The maximum Gasteiger partial charge on any atom is 0.370 e. The molecule has 5 N–H and O–H groups in total. The summed E-state index contributed by atoms with van der Waals surface area (Å²) in [6, 6.07) is 46.7. The Kier molecular flexibility index (Phi) is 13.7. The molecule has 0 atom stereocenters. The number of phenolic OH excluding ortho intramolecular Hbond substituents is 3. The largest absolute Gasteiger partial charge is 0.507 e. The molecule has 18 nitrogen and oxygen atoms in total. The molecule has 9 rings (SSSR count). The minimum absolute atomic E-state index is 0.0307. The number of para-hydroxylation sites is 6. The summed E-state index contributed by atoms with van der Waals surface area (Å²) >= 11 is 0. The first-order chi connectivity index (χ1) is 34.2. The highest BCUT2D eigenvalue weighted by Crippen LogP contribution is 2.35. The molecule has 0 bridgehead atoms. The SMILES string of the molecule is O=c1nc(NCCCCN(CCCNc2nc(=O)n(-c3ccccc3)nc2-c2ccccc2O)c2nc(=O)n(-c3ccccc3)nc2-c2ccccc2O)c(-c2ccccc2O)nn1-c1ccccc1. The minimum atomic E-state index is -0.632. The Labute approximate surface area is 400 Å². The summed E-state index contributed by atoms with van der Waals surface area (Å²) in [6.45, 7) is 1.28. The topological polar surface area (TPSA) is 231 Å². The van der Waals surface area contributed by atoms with Crippen molar-refractivity contribution in [1.29, 1.82) is 0 Å². The van der Waals surface area contributed by atoms with Crippen molar-refractivity contribution in [2.75, 3.05) is 41.7 Å². The first-order valence-electron chi connectivity index (χ1n) is 22.5. The van der Waals surface area contributed by atoms with E-state index < -0.39 is 17.1 Å². The third kappa shape index (κ3) is 10.1. The molecule has 9 aromatic rings. The predicted octanol–water partition coefficient (Wildman–Crippen LogP) is 6.83. The first-order valence-corrected chi connectivity index (χ1v) is 22.5. The maximum absolute atomic E-state index is 13.9. The van der Waals surface area contributed by atoms with Crippen LogP contribution in [0.2, 0.25) is 0 Å². The van der Waals surface area contributed by atoms with Gasteiger partial charge in [0.15, 0.2) is 17.5 Å². The third-order valence-corrected chi connectivity index (χ3v) is 11.2. The van der Waals surface area contributed by atoms with Crippen molar-refractivity contribution in [2.45, 2.75) is 19.3 Å². The van der Waals surface area contributed by atoms with Crippen molar-refractivity contribution in [2.24, 2.45) is 0 Å². The molecule has 3 aromatic heterocycles. The van der Waals surface area contributed by atoms with E-state index in [1.54, 1.807) is 127 Å². The molecule has 0 aliphatic rings. The lowest BCUT2D eigenvalue weighted by molar-refractivity contribution is 0.476. The lowest BCUT2D eigenvalue weighted by atomic mass is 10.1. The fraction of sp³-hybridized carbons (Fsp3) is 0.135. The summed E-state index contributed by atoms with van der Waals surface area (Å²) < 4.78 is 3.56. The Hall–Kier alpha value is -9.45. The fourth-order valence-electron chi connectivity index (χ4n) is 7.82. The lowest BCUT2D eigenvalue weighted by Crippen LogP contribution is -2.34. The van der Waals surface area contributed by atoms with Crippen LogP contribution in [0.15, 0.2) is 178 Å². The van der Waals surface area contributed by atoms with Gasteiger partial charge >= 0.3 is 17.1 Å². The number of hydrogen-bond donors (Lipinski definition) is 5. The van der Waals surface area contributed by atoms with E-state index in [9.17, 15) is 29.7 Å². The summed E-state index contributed by atoms with van der Waals surface area (Å²) in [4.78, 5) is 55.9. The molecule has 3 heterocycles. The van der Waals surface area contributed by atoms with Crippen LogP contribution in [0.25, 0.3) is 50.8 Å². The zero-order chi connectivity index (χ0) is 48.4. The van der Waals surface area contributed by atoms with Crippen LogP contribution in [0.5, 0.6) is 17.2 Å². The number of hydrogen-bond acceptors (Lipinski definition) is 15. The monoisotopic (exact) mass is 934 g/mol. The molecule has 0 aliphatic heterocycles. The molecular weight excluding hydrogens is 889 g/mol. The van der Waals surface area contributed by atoms with E-state index in [2.05, 4.69) is 35.8 Å². The number of unbranched alkanes of at least 4 members (excludes halogenated alkanes) is 1. The molecule has 0 fully saturated rings. The molecule has 0 spiro atoms. The van der Waals surface area contributed by atoms with Gasteiger partial charge in [0.1, 0.15) is 34.3 Å². The van der Waals surface area contributed by atoms with Gasteiger partial charge in [-0.2, -0.15) is 44.3 Å². The zero-order valence-electron chi connectivity index (χ0n) is 37.6. The number of nitrogens with one attached hydrogen (secondary N) is 2. The molecule has 0 saturated carbocycles. The van der Waals surface area contributed by atoms with Gasteiger partial charge in [-0.05, 0) is 92.1 Å². The van der Waals surface area contributed by atoms with E-state index in [1.165, 1.54) is 32.2 Å². The van der Waals surface area contributed by atoms with Crippen LogP contribution in [0.3, 0.4) is 0 Å². The number of rotatable bonds is 18. The van der Waals surface area contributed by atoms with Gasteiger partial charge in [0.2, 0.25) is 0 Å². The first kappa shape index (κ1) is 45.7. The second-order valence-corrected chi connectivity index (χ2v) is 15.9. The van der Waals surface area contributed by atoms with Crippen molar-refractivity contribution in [3.63, 3.8) is 0 Å². The minimum Gasteiger partial charge on any atom is -0.507 e. The summed E-state index contributed by atoms with van der Waals surface area (Å²) in [5, 5.41) is 53.5. The van der Waals surface area contributed by atoms with Crippen LogP contribution in [-0.4, -0.2) is 85.8 Å². The van der Waals surface area contributed by atoms with Crippen LogP contribution >= 0.6 is 0 Å². The second kappa shape index (κ2) is 21.0. The van der Waals surface area contributed by atoms with Crippen molar-refractivity contribution in [3.8, 4) is 68.1 Å². The van der Waals surface area contributed by atoms with Gasteiger partial charge in [-0.1, -0.05) is 91.0 Å². The fourth-order valence-corrected chi connectivity index (χ4v) is 7.82. The molecular formula is C52H46N12O6. The Morgan fingerprint density at radius 2 is 0.743 bits per heavy atom. The molecule has 0 amide bonds. The van der Waals surface area contributed by atoms with Gasteiger partial charge < -0.3 is 30.9 Å². The summed E-state index contributed by atoms with van der Waals surface area (Å²) in [6.07, 6.45) is 1.49. The van der Waals surface area contributed by atoms with Gasteiger partial charge in [-0.3, -0.25) is 0 Å². The van der Waals surface area contributed by atoms with Crippen molar-refractivity contribution in [1.82, 2.24) is 44.3 Å². The van der Waals surface area contributed by atoms with Crippen LogP contribution < -0.4 is 32.6 Å². The van der Waals surface area contributed by atoms with Gasteiger partial charge in [0.25, 0.3) is 0 Å². The van der Waals surface area contributed by atoms with Gasteiger partial charge in [0.05, 0.1) is 17.1 Å². The van der Waals surface area contributed by atoms with Gasteiger partial charge in [-0.25, -0.2) is 14.4 Å². The van der Waals surface area contributed by atoms with E-state index >= 15 is 0 Å². The standard InChI is InChI=1S/C52H46N12O6/c65-41-28-13-10-25-38(41)44-47(55-50(68)62(58-44)35-19-4-1-5-20-35)53-31-16-17-33-61(49-46(40-27-12-15-30-43(40)67)60-64(52(70)57-49)37-23-8-3-9-24-37)34-18-32-54-48-45(39-26-11-14-29-42(39)66)59-63(51(69)56-48)36-21-6-2-7-22-36/h1-15,19-30,65-67H,16-18,31-34H2,(H,53,55,68)(H,54,56,69). The van der Waals surface area contributed by atoms with Crippen molar-refractivity contribution >= 4 is 17.5 Å². The summed E-state index contributed by atoms with van der Waals surface area (Å²) in [5.41, 5.74) is 1.58. The Morgan fingerprint density at radius 3 is 1.17 bits per heavy atom. The van der Waals surface area contributed by atoms with E-state index in [1.807, 2.05) is 23.1 Å². The Bertz CT molecular complexity index is 3440. The lowest BCUT2D eigenvalue weighted by Gasteiger charge is -2.26. The van der Waals surface area contributed by atoms with Gasteiger partial charge in [-0.15, -0.1) is 0 Å². The molecule has 0 radical (unpaired) electrons. The van der Waals surface area contributed by atoms with E-state index in [4.69, 9.17) is 5.10 Å². The number of benzene rings is 6. The Balaban J connectivity index is 1.00. The van der Waals surface area contributed by atoms with Crippen LogP contribution in [0.4, 0.5) is 17.5 Å². The zero-order valence-corrected chi connectivity index (χ0v) is 37.6. The number of anilines is 3. The maximum atomic E-state index is 13.9. The molecule has 0 unspecified atom stereocenters. The molecule has 6 aromatic carbocycles. The van der Waals surface area contributed by atoms with E-state index in [0.717, 1.165) is 0 Å². The highest BCUT2D eigenvalue weighted by molar-refractivity contribution is 5.78. The number of phenols is 3. The average molecular weight is 935 g/mol. The van der Waals surface area contributed by atoms with Crippen LogP contribution in [0, 0.1) is 0 Å². The van der Waals surface area contributed by atoms with Gasteiger partial charge in [0, 0.05) is 42.9 Å². The Morgan fingerprint density at radius 1 is 0.400 bits per heavy atom. The van der Waals surface area contributed by atoms with Crippen molar-refractivity contribution in [3.05, 3.63) is 195 Å². The molecule has 0 aliphatic carbocycles. The highest BCUT2D eigenvalue weighted by Gasteiger charge is 2.23. The average Bonchev–Trinajstić information content (AvgIpc) is 3.38. The third-order valence-electron chi connectivity index (χ3n) is 11.2. The predicted molar refractivity (Wildman–Crippen MR) is 267 cm³/mol. The summed E-state index contributed by atoms with van der Waals surface area (Å²) in [7, 11) is 0. The number of aromatic hydroxyl groups is 3. The summed E-state index contributed by atoms with van der Waals surface area (Å²) in [5.74, 6) is 0.470. The molecule has 70 heavy (non-hydrogen) atoms. The van der Waals surface area contributed by atoms with E-state index in [-0.39, 0.29) is 58.3 Å². The smallest absolute Gasteiger partial charge is 0.370 e. The van der Waals surface area contributed by atoms with Crippen LogP contribution in [-0.2, 0) is 0 Å². The van der Waals surface area contributed by atoms with E-state index in [0.29, 0.717) is 72.6 Å². The number of aromatic nitrogens is 9. The van der Waals surface area contributed by atoms with Crippen molar-refractivity contribution < 1.29 is 15.3 Å². The number of nitrogens with zero attached hydrogens (tertiary/aromatic N) is 10. The highest BCUT2D eigenvalue weighted by atomic mass is 16.3. The van der Waals surface area contributed by atoms with Crippen LogP contribution in [0.1, 0.15) is 19.3 Å². The quantitative estimate of drug-likeness (QED) is 0.0556. The second-order valence-electron chi connectivity index (χ2n) is 15.9. The molecule has 0 saturated heterocycles. The normalized spacial score (nSPS) is 11.0. The molecule has 350 valence electrons.